The van der Waals surface area contributed by atoms with Crippen LogP contribution in [-0.2, 0) is 6.54 Å². The summed E-state index contributed by atoms with van der Waals surface area (Å²) in [5.74, 6) is 0.983. The molecule has 0 aliphatic heterocycles. The summed E-state index contributed by atoms with van der Waals surface area (Å²) < 4.78 is 0. The molecule has 1 rings (SSSR count). The highest BCUT2D eigenvalue weighted by Gasteiger charge is 2.08. The molecule has 0 spiro atoms. The van der Waals surface area contributed by atoms with E-state index >= 15 is 0 Å². The van der Waals surface area contributed by atoms with E-state index in [0.717, 1.165) is 25.6 Å². The van der Waals surface area contributed by atoms with Crippen molar-refractivity contribution < 1.29 is 0 Å². The van der Waals surface area contributed by atoms with Gasteiger partial charge >= 0.3 is 0 Å². The molecule has 0 amide bonds. The molecule has 20 heavy (non-hydrogen) atoms. The lowest BCUT2D eigenvalue weighted by atomic mass is 10.1. The molecule has 0 heterocycles. The Labute approximate surface area is 127 Å². The minimum Gasteiger partial charge on any atom is -0.357 e. The first kappa shape index (κ1) is 16.9. The third-order valence-corrected chi connectivity index (χ3v) is 4.22. The Kier molecular flexibility index (Phi) is 7.52. The average molecular weight is 293 g/mol. The first-order valence-electron chi connectivity index (χ1n) is 7.15. The summed E-state index contributed by atoms with van der Waals surface area (Å²) in [6.45, 7) is 9.09. The molecule has 0 fully saturated rings. The van der Waals surface area contributed by atoms with Gasteiger partial charge in [0.1, 0.15) is 0 Å². The maximum atomic E-state index is 4.72. The standard InChI is InChI=1S/C16H27N3S/c1-6-17-16(18-11-14(3)20-5)19(4)12-15-10-8-7-9-13(15)2/h7-10,14H,6,11-12H2,1-5H3,(H,17,18). The van der Waals surface area contributed by atoms with Crippen molar-refractivity contribution in [3.05, 3.63) is 35.4 Å². The minimum absolute atomic E-state index is 0.551. The quantitative estimate of drug-likeness (QED) is 0.645. The Bertz CT molecular complexity index is 431. The topological polar surface area (TPSA) is 27.6 Å². The van der Waals surface area contributed by atoms with E-state index < -0.39 is 0 Å². The zero-order chi connectivity index (χ0) is 15.0. The monoisotopic (exact) mass is 293 g/mol. The van der Waals surface area contributed by atoms with Crippen LogP contribution in [0.3, 0.4) is 0 Å². The molecule has 3 nitrogen and oxygen atoms in total. The Balaban J connectivity index is 2.73. The number of guanidine groups is 1. The van der Waals surface area contributed by atoms with Crippen LogP contribution in [0.4, 0.5) is 0 Å². The van der Waals surface area contributed by atoms with E-state index in [4.69, 9.17) is 4.99 Å². The van der Waals surface area contributed by atoms with E-state index in [-0.39, 0.29) is 0 Å². The number of aliphatic imine (C=N–C) groups is 1. The van der Waals surface area contributed by atoms with E-state index in [1.54, 1.807) is 0 Å². The Morgan fingerprint density at radius 2 is 2.10 bits per heavy atom. The van der Waals surface area contributed by atoms with Crippen LogP contribution >= 0.6 is 11.8 Å². The maximum Gasteiger partial charge on any atom is 0.193 e. The molecule has 1 atom stereocenters. The lowest BCUT2D eigenvalue weighted by Crippen LogP contribution is -2.39. The number of hydrogen-bond acceptors (Lipinski definition) is 2. The molecule has 0 aromatic heterocycles. The highest BCUT2D eigenvalue weighted by molar-refractivity contribution is 7.99. The first-order chi connectivity index (χ1) is 9.58. The molecule has 0 saturated heterocycles. The predicted octanol–water partition coefficient (Wildman–Crippen LogP) is 3.14. The van der Waals surface area contributed by atoms with Crippen molar-refractivity contribution in [2.24, 2.45) is 4.99 Å². The fourth-order valence-corrected chi connectivity index (χ4v) is 2.10. The van der Waals surface area contributed by atoms with Crippen LogP contribution in [0.2, 0.25) is 0 Å². The van der Waals surface area contributed by atoms with Gasteiger partial charge in [-0.25, -0.2) is 0 Å². The van der Waals surface area contributed by atoms with Crippen LogP contribution in [0.25, 0.3) is 0 Å². The molecule has 4 heteroatoms. The van der Waals surface area contributed by atoms with Crippen molar-refractivity contribution in [1.29, 1.82) is 0 Å². The fraction of sp³-hybridized carbons (Fsp3) is 0.562. The molecule has 1 aromatic carbocycles. The highest BCUT2D eigenvalue weighted by Crippen LogP contribution is 2.10. The van der Waals surface area contributed by atoms with Crippen molar-refractivity contribution in [2.45, 2.75) is 32.6 Å². The number of benzene rings is 1. The Hall–Kier alpha value is -1.16. The summed E-state index contributed by atoms with van der Waals surface area (Å²) in [4.78, 5) is 6.91. The largest absolute Gasteiger partial charge is 0.357 e. The molecular weight excluding hydrogens is 266 g/mol. The van der Waals surface area contributed by atoms with Gasteiger partial charge in [-0.1, -0.05) is 31.2 Å². The second kappa shape index (κ2) is 8.90. The lowest BCUT2D eigenvalue weighted by molar-refractivity contribution is 0.476. The van der Waals surface area contributed by atoms with E-state index in [9.17, 15) is 0 Å². The van der Waals surface area contributed by atoms with Crippen molar-refractivity contribution in [1.82, 2.24) is 10.2 Å². The van der Waals surface area contributed by atoms with Gasteiger partial charge in [-0.3, -0.25) is 4.99 Å². The Morgan fingerprint density at radius 3 is 2.70 bits per heavy atom. The minimum atomic E-state index is 0.551. The van der Waals surface area contributed by atoms with Crippen molar-refractivity contribution in [3.8, 4) is 0 Å². The third kappa shape index (κ3) is 5.45. The van der Waals surface area contributed by atoms with Crippen molar-refractivity contribution in [2.75, 3.05) is 26.4 Å². The van der Waals surface area contributed by atoms with Gasteiger partial charge in [-0.05, 0) is 31.2 Å². The van der Waals surface area contributed by atoms with Gasteiger partial charge in [-0.15, -0.1) is 0 Å². The van der Waals surface area contributed by atoms with Crippen LogP contribution in [0.15, 0.2) is 29.3 Å². The third-order valence-electron chi connectivity index (χ3n) is 3.27. The Morgan fingerprint density at radius 1 is 1.40 bits per heavy atom. The van der Waals surface area contributed by atoms with Crippen LogP contribution < -0.4 is 5.32 Å². The molecule has 0 aliphatic rings. The van der Waals surface area contributed by atoms with Crippen LogP contribution in [0, 0.1) is 6.92 Å². The highest BCUT2D eigenvalue weighted by atomic mass is 32.2. The summed E-state index contributed by atoms with van der Waals surface area (Å²) in [5.41, 5.74) is 2.67. The number of hydrogen-bond donors (Lipinski definition) is 1. The molecular formula is C16H27N3S. The average Bonchev–Trinajstić information content (AvgIpc) is 2.45. The molecule has 1 N–H and O–H groups in total. The zero-order valence-electron chi connectivity index (χ0n) is 13.3. The lowest BCUT2D eigenvalue weighted by Gasteiger charge is -2.23. The second-order valence-electron chi connectivity index (χ2n) is 5.02. The SMILES string of the molecule is CCNC(=NCC(C)SC)N(C)Cc1ccccc1C. The number of thioether (sulfide) groups is 1. The molecule has 0 aliphatic carbocycles. The van der Waals surface area contributed by atoms with Crippen LogP contribution in [0.1, 0.15) is 25.0 Å². The van der Waals surface area contributed by atoms with Crippen molar-refractivity contribution >= 4 is 17.7 Å². The summed E-state index contributed by atoms with van der Waals surface area (Å²) in [6, 6.07) is 8.51. The second-order valence-corrected chi connectivity index (χ2v) is 6.30. The number of nitrogens with zero attached hydrogens (tertiary/aromatic N) is 2. The van der Waals surface area contributed by atoms with E-state index in [0.29, 0.717) is 5.25 Å². The van der Waals surface area contributed by atoms with E-state index in [1.807, 2.05) is 11.8 Å². The summed E-state index contributed by atoms with van der Waals surface area (Å²) in [7, 11) is 2.09. The number of nitrogens with one attached hydrogen (secondary N) is 1. The van der Waals surface area contributed by atoms with Gasteiger partial charge in [0.15, 0.2) is 5.96 Å². The summed E-state index contributed by atoms with van der Waals surface area (Å²) in [5, 5.41) is 3.92. The van der Waals surface area contributed by atoms with Gasteiger partial charge in [0.25, 0.3) is 0 Å². The van der Waals surface area contributed by atoms with E-state index in [2.05, 4.69) is 68.6 Å². The van der Waals surface area contributed by atoms with Gasteiger partial charge in [-0.2, -0.15) is 11.8 Å². The molecule has 1 unspecified atom stereocenters. The number of rotatable bonds is 6. The zero-order valence-corrected chi connectivity index (χ0v) is 14.1. The van der Waals surface area contributed by atoms with Gasteiger partial charge in [0.2, 0.25) is 0 Å². The molecule has 0 saturated carbocycles. The first-order valence-corrected chi connectivity index (χ1v) is 8.44. The normalized spacial score (nSPS) is 13.2. The molecule has 0 radical (unpaired) electrons. The number of aryl methyl sites for hydroxylation is 1. The summed E-state index contributed by atoms with van der Waals surface area (Å²) in [6.07, 6.45) is 2.13. The van der Waals surface area contributed by atoms with Crippen LogP contribution in [-0.4, -0.2) is 42.5 Å². The molecule has 0 bridgehead atoms. The van der Waals surface area contributed by atoms with E-state index in [1.165, 1.54) is 11.1 Å². The molecule has 1 aromatic rings. The summed E-state index contributed by atoms with van der Waals surface area (Å²) >= 11 is 1.85. The smallest absolute Gasteiger partial charge is 0.193 e. The maximum absolute atomic E-state index is 4.72. The van der Waals surface area contributed by atoms with Gasteiger partial charge < -0.3 is 10.2 Å². The van der Waals surface area contributed by atoms with Crippen molar-refractivity contribution in [3.63, 3.8) is 0 Å². The van der Waals surface area contributed by atoms with Crippen LogP contribution in [0.5, 0.6) is 0 Å². The van der Waals surface area contributed by atoms with Gasteiger partial charge in [0.05, 0.1) is 6.54 Å². The van der Waals surface area contributed by atoms with Gasteiger partial charge in [0, 0.05) is 25.4 Å². The fourth-order valence-electron chi connectivity index (χ4n) is 1.88. The molecule has 112 valence electrons. The predicted molar refractivity (Wildman–Crippen MR) is 91.6 cm³/mol.